The van der Waals surface area contributed by atoms with Gasteiger partial charge >= 0.3 is 0 Å². The van der Waals surface area contributed by atoms with Crippen molar-refractivity contribution in [2.24, 2.45) is 0 Å². The molecule has 0 heterocycles. The highest BCUT2D eigenvalue weighted by atomic mass is 32.2. The van der Waals surface area contributed by atoms with Crippen LogP contribution in [0.4, 0.5) is 0 Å². The molecule has 0 bridgehead atoms. The van der Waals surface area contributed by atoms with Crippen molar-refractivity contribution in [1.82, 2.24) is 9.03 Å². The van der Waals surface area contributed by atoms with Crippen LogP contribution in [-0.2, 0) is 10.2 Å². The Kier molecular flexibility index (Phi) is 5.04. The van der Waals surface area contributed by atoms with Gasteiger partial charge in [0.25, 0.3) is 10.2 Å². The van der Waals surface area contributed by atoms with E-state index in [-0.39, 0.29) is 6.04 Å². The number of nitrogens with zero attached hydrogens (tertiary/aromatic N) is 1. The van der Waals surface area contributed by atoms with E-state index in [4.69, 9.17) is 0 Å². The third kappa shape index (κ3) is 4.15. The fourth-order valence-electron chi connectivity index (χ4n) is 2.16. The van der Waals surface area contributed by atoms with E-state index in [0.29, 0.717) is 0 Å². The Morgan fingerprint density at radius 3 is 2.00 bits per heavy atom. The van der Waals surface area contributed by atoms with E-state index >= 15 is 0 Å². The zero-order valence-corrected chi connectivity index (χ0v) is 13.5. The SMILES string of the molecule is CN(C1CCCCC1)S(=O)(=O)NC(C)(C)C(C)(C)O. The molecule has 0 radical (unpaired) electrons. The van der Waals surface area contributed by atoms with E-state index in [2.05, 4.69) is 4.72 Å². The summed E-state index contributed by atoms with van der Waals surface area (Å²) < 4.78 is 28.8. The summed E-state index contributed by atoms with van der Waals surface area (Å²) in [6, 6.07) is 0.0730. The lowest BCUT2D eigenvalue weighted by Gasteiger charge is -2.40. The van der Waals surface area contributed by atoms with Gasteiger partial charge in [-0.05, 0) is 40.5 Å². The third-order valence-electron chi connectivity index (χ3n) is 4.38. The molecular formula is C13H28N2O3S. The van der Waals surface area contributed by atoms with Crippen molar-refractivity contribution in [2.75, 3.05) is 7.05 Å². The quantitative estimate of drug-likeness (QED) is 0.809. The summed E-state index contributed by atoms with van der Waals surface area (Å²) >= 11 is 0. The fraction of sp³-hybridized carbons (Fsp3) is 1.00. The van der Waals surface area contributed by atoms with Gasteiger partial charge in [-0.25, -0.2) is 0 Å². The topological polar surface area (TPSA) is 69.6 Å². The summed E-state index contributed by atoms with van der Waals surface area (Å²) in [5.74, 6) is 0. The highest BCUT2D eigenvalue weighted by Gasteiger charge is 2.40. The van der Waals surface area contributed by atoms with Crippen molar-refractivity contribution in [3.05, 3.63) is 0 Å². The Bertz CT molecular complexity index is 393. The number of hydrogen-bond acceptors (Lipinski definition) is 3. The third-order valence-corrected chi connectivity index (χ3v) is 6.21. The summed E-state index contributed by atoms with van der Waals surface area (Å²) in [5.41, 5.74) is -2.05. The highest BCUT2D eigenvalue weighted by molar-refractivity contribution is 7.87. The number of rotatable bonds is 5. The largest absolute Gasteiger partial charge is 0.389 e. The van der Waals surface area contributed by atoms with E-state index < -0.39 is 21.3 Å². The van der Waals surface area contributed by atoms with E-state index in [1.807, 2.05) is 0 Å². The van der Waals surface area contributed by atoms with Crippen LogP contribution in [-0.4, -0.2) is 42.1 Å². The Labute approximate surface area is 117 Å². The lowest BCUT2D eigenvalue weighted by molar-refractivity contribution is 0.00549. The smallest absolute Gasteiger partial charge is 0.280 e. The summed E-state index contributed by atoms with van der Waals surface area (Å²) in [4.78, 5) is 0. The first-order valence-electron chi connectivity index (χ1n) is 6.97. The average Bonchev–Trinajstić information content (AvgIpc) is 2.26. The molecule has 19 heavy (non-hydrogen) atoms. The molecular weight excluding hydrogens is 264 g/mol. The Morgan fingerprint density at radius 1 is 1.11 bits per heavy atom. The van der Waals surface area contributed by atoms with Gasteiger partial charge in [0, 0.05) is 13.1 Å². The lowest BCUT2D eigenvalue weighted by atomic mass is 9.87. The van der Waals surface area contributed by atoms with Gasteiger partial charge < -0.3 is 5.11 Å². The minimum atomic E-state index is -3.58. The van der Waals surface area contributed by atoms with Gasteiger partial charge in [-0.15, -0.1) is 0 Å². The summed E-state index contributed by atoms with van der Waals surface area (Å²) in [6.07, 6.45) is 5.19. The molecule has 1 aliphatic rings. The molecule has 6 heteroatoms. The molecule has 0 aromatic carbocycles. The molecule has 2 N–H and O–H groups in total. The number of hydrogen-bond donors (Lipinski definition) is 2. The molecule has 0 unspecified atom stereocenters. The maximum absolute atomic E-state index is 12.4. The van der Waals surface area contributed by atoms with Crippen LogP contribution in [0.3, 0.4) is 0 Å². The monoisotopic (exact) mass is 292 g/mol. The molecule has 0 saturated heterocycles. The van der Waals surface area contributed by atoms with Crippen LogP contribution < -0.4 is 4.72 Å². The summed E-state index contributed by atoms with van der Waals surface area (Å²) in [7, 11) is -1.95. The molecule has 5 nitrogen and oxygen atoms in total. The first-order chi connectivity index (χ1) is 8.47. The zero-order valence-electron chi connectivity index (χ0n) is 12.7. The van der Waals surface area contributed by atoms with Crippen molar-refractivity contribution in [3.8, 4) is 0 Å². The van der Waals surface area contributed by atoms with Gasteiger partial charge in [-0.1, -0.05) is 19.3 Å². The van der Waals surface area contributed by atoms with Crippen LogP contribution >= 0.6 is 0 Å². The lowest BCUT2D eigenvalue weighted by Crippen LogP contribution is -2.61. The van der Waals surface area contributed by atoms with Crippen molar-refractivity contribution < 1.29 is 13.5 Å². The van der Waals surface area contributed by atoms with Gasteiger partial charge in [0.1, 0.15) is 0 Å². The van der Waals surface area contributed by atoms with E-state index in [1.165, 1.54) is 10.7 Å². The van der Waals surface area contributed by atoms with Crippen LogP contribution in [0, 0.1) is 0 Å². The van der Waals surface area contributed by atoms with Crippen LogP contribution in [0.25, 0.3) is 0 Å². The van der Waals surface area contributed by atoms with Gasteiger partial charge in [0.05, 0.1) is 11.1 Å². The standard InChI is InChI=1S/C13H28N2O3S/c1-12(2,13(3,4)16)14-19(17,18)15(5)11-9-7-6-8-10-11/h11,14,16H,6-10H2,1-5H3. The zero-order chi connectivity index (χ0) is 14.9. The fourth-order valence-corrected chi connectivity index (χ4v) is 3.80. The molecule has 0 aliphatic heterocycles. The average molecular weight is 292 g/mol. The van der Waals surface area contributed by atoms with Crippen molar-refractivity contribution in [1.29, 1.82) is 0 Å². The Balaban J connectivity index is 2.80. The molecule has 0 aromatic rings. The second-order valence-corrected chi connectivity index (χ2v) is 8.33. The van der Waals surface area contributed by atoms with Crippen LogP contribution in [0.1, 0.15) is 59.8 Å². The van der Waals surface area contributed by atoms with Gasteiger partial charge in [0.2, 0.25) is 0 Å². The Morgan fingerprint density at radius 2 is 1.58 bits per heavy atom. The summed E-state index contributed by atoms with van der Waals surface area (Å²) in [5, 5.41) is 10.1. The van der Waals surface area contributed by atoms with Gasteiger partial charge in [-0.3, -0.25) is 0 Å². The predicted molar refractivity (Wildman–Crippen MR) is 77.1 cm³/mol. The van der Waals surface area contributed by atoms with Gasteiger partial charge in [-0.2, -0.15) is 17.4 Å². The van der Waals surface area contributed by atoms with E-state index in [9.17, 15) is 13.5 Å². The molecule has 1 aliphatic carbocycles. The number of aliphatic hydroxyl groups is 1. The second kappa shape index (κ2) is 5.68. The number of nitrogens with one attached hydrogen (secondary N) is 1. The van der Waals surface area contributed by atoms with E-state index in [1.54, 1.807) is 34.7 Å². The molecule has 0 atom stereocenters. The molecule has 114 valence electrons. The minimum Gasteiger partial charge on any atom is -0.389 e. The minimum absolute atomic E-state index is 0.0730. The van der Waals surface area contributed by atoms with E-state index in [0.717, 1.165) is 25.7 Å². The molecule has 1 rings (SSSR count). The van der Waals surface area contributed by atoms with Crippen LogP contribution in [0.5, 0.6) is 0 Å². The predicted octanol–water partition coefficient (Wildman–Crippen LogP) is 1.63. The summed E-state index contributed by atoms with van der Waals surface area (Å²) in [6.45, 7) is 6.60. The van der Waals surface area contributed by atoms with Crippen LogP contribution in [0.2, 0.25) is 0 Å². The van der Waals surface area contributed by atoms with Crippen molar-refractivity contribution in [3.63, 3.8) is 0 Å². The van der Waals surface area contributed by atoms with Crippen molar-refractivity contribution >= 4 is 10.2 Å². The maximum atomic E-state index is 12.4. The first kappa shape index (κ1) is 16.9. The first-order valence-corrected chi connectivity index (χ1v) is 8.41. The van der Waals surface area contributed by atoms with Crippen molar-refractivity contribution in [2.45, 2.75) is 77.0 Å². The molecule has 1 fully saturated rings. The maximum Gasteiger partial charge on any atom is 0.280 e. The highest BCUT2D eigenvalue weighted by Crippen LogP contribution is 2.26. The second-order valence-electron chi connectivity index (χ2n) is 6.60. The molecule has 1 saturated carbocycles. The van der Waals surface area contributed by atoms with Gasteiger partial charge in [0.15, 0.2) is 0 Å². The molecule has 0 aromatic heterocycles. The molecule has 0 amide bonds. The Hall–Kier alpha value is -0.170. The normalized spacial score (nSPS) is 19.9. The van der Waals surface area contributed by atoms with Crippen LogP contribution in [0.15, 0.2) is 0 Å². The molecule has 0 spiro atoms.